The maximum Gasteiger partial charge on any atom is 0.410 e. The van der Waals surface area contributed by atoms with Gasteiger partial charge in [-0.05, 0) is 78.0 Å². The number of carbonyl (C=O) groups excluding carboxylic acids is 2. The van der Waals surface area contributed by atoms with E-state index in [0.29, 0.717) is 47.7 Å². The van der Waals surface area contributed by atoms with Crippen LogP contribution in [0.15, 0.2) is 16.9 Å². The van der Waals surface area contributed by atoms with Crippen LogP contribution in [0.25, 0.3) is 0 Å². The van der Waals surface area contributed by atoms with E-state index in [1.165, 1.54) is 0 Å². The van der Waals surface area contributed by atoms with Crippen molar-refractivity contribution in [1.29, 1.82) is 0 Å². The summed E-state index contributed by atoms with van der Waals surface area (Å²) in [5.41, 5.74) is 2.31. The monoisotopic (exact) mass is 559 g/mol. The van der Waals surface area contributed by atoms with Gasteiger partial charge in [-0.1, -0.05) is 11.6 Å². The first-order valence-electron chi connectivity index (χ1n) is 13.3. The Hall–Kier alpha value is -3.20. The molecule has 212 valence electrons. The number of halogens is 1. The quantitative estimate of drug-likeness (QED) is 0.507. The smallest absolute Gasteiger partial charge is 0.410 e. The predicted molar refractivity (Wildman–Crippen MR) is 149 cm³/mol. The third-order valence-electron chi connectivity index (χ3n) is 7.16. The number of nitrogens with one attached hydrogen (secondary N) is 2. The standard InChI is InChI=1S/C29H38ClN3O6/c1-16-12-17(2)32-26(35)21(16)15-31-25(34)20-13-22(30)24-23(18(20)3)37-29(7,38-24)14-19-8-10-33(11-9-19)27(36)39-28(4,5)6/h12-13,19H,8-11,14-15H2,1-7H3,(H,31,34)(H,32,35). The molecule has 1 saturated heterocycles. The number of aryl methyl sites for hydroxylation is 2. The first-order chi connectivity index (χ1) is 18.2. The summed E-state index contributed by atoms with van der Waals surface area (Å²) in [7, 11) is 0. The van der Waals surface area contributed by atoms with Crippen LogP contribution in [0.3, 0.4) is 0 Å². The van der Waals surface area contributed by atoms with Crippen molar-refractivity contribution in [2.75, 3.05) is 13.1 Å². The van der Waals surface area contributed by atoms with Crippen molar-refractivity contribution in [3.8, 4) is 11.5 Å². The van der Waals surface area contributed by atoms with E-state index in [4.69, 9.17) is 25.8 Å². The summed E-state index contributed by atoms with van der Waals surface area (Å²) < 4.78 is 18.0. The van der Waals surface area contributed by atoms with E-state index in [1.807, 2.05) is 47.6 Å². The molecule has 2 aromatic rings. The van der Waals surface area contributed by atoms with Gasteiger partial charge in [-0.25, -0.2) is 4.79 Å². The summed E-state index contributed by atoms with van der Waals surface area (Å²) in [6, 6.07) is 3.44. The van der Waals surface area contributed by atoms with Crippen LogP contribution in [-0.4, -0.2) is 46.4 Å². The van der Waals surface area contributed by atoms with Crippen molar-refractivity contribution in [2.45, 2.75) is 85.7 Å². The molecule has 0 aliphatic carbocycles. The number of piperidine rings is 1. The molecule has 0 bridgehead atoms. The lowest BCUT2D eigenvalue weighted by molar-refractivity contribution is -0.0845. The fourth-order valence-electron chi connectivity index (χ4n) is 5.23. The van der Waals surface area contributed by atoms with Gasteiger partial charge >= 0.3 is 6.09 Å². The third-order valence-corrected chi connectivity index (χ3v) is 7.45. The van der Waals surface area contributed by atoms with Crippen LogP contribution in [-0.2, 0) is 11.3 Å². The van der Waals surface area contributed by atoms with E-state index in [2.05, 4.69) is 10.3 Å². The second-order valence-corrected chi connectivity index (χ2v) is 12.2. The maximum absolute atomic E-state index is 13.1. The largest absolute Gasteiger partial charge is 0.448 e. The molecule has 1 unspecified atom stereocenters. The molecule has 2 N–H and O–H groups in total. The van der Waals surface area contributed by atoms with Crippen LogP contribution in [0, 0.1) is 26.7 Å². The van der Waals surface area contributed by atoms with Crippen molar-refractivity contribution in [1.82, 2.24) is 15.2 Å². The van der Waals surface area contributed by atoms with Crippen molar-refractivity contribution >= 4 is 23.6 Å². The van der Waals surface area contributed by atoms with Gasteiger partial charge in [0, 0.05) is 55.4 Å². The van der Waals surface area contributed by atoms with Crippen molar-refractivity contribution < 1.29 is 23.8 Å². The molecule has 2 aliphatic heterocycles. The Kier molecular flexibility index (Phi) is 7.94. The molecule has 2 amide bonds. The summed E-state index contributed by atoms with van der Waals surface area (Å²) in [6.45, 7) is 14.2. The van der Waals surface area contributed by atoms with Crippen LogP contribution in [0.5, 0.6) is 11.5 Å². The lowest BCUT2D eigenvalue weighted by Crippen LogP contribution is -2.44. The molecule has 0 radical (unpaired) electrons. The molecule has 1 atom stereocenters. The number of likely N-dealkylation sites (tertiary alicyclic amines) is 1. The second-order valence-electron chi connectivity index (χ2n) is 11.8. The molecule has 1 aromatic carbocycles. The van der Waals surface area contributed by atoms with Crippen LogP contribution in [0.2, 0.25) is 5.02 Å². The van der Waals surface area contributed by atoms with Gasteiger partial charge in [-0.15, -0.1) is 0 Å². The highest BCUT2D eigenvalue weighted by molar-refractivity contribution is 6.33. The Labute approximate surface area is 234 Å². The highest BCUT2D eigenvalue weighted by atomic mass is 35.5. The number of rotatable bonds is 5. The van der Waals surface area contributed by atoms with E-state index in [1.54, 1.807) is 17.9 Å². The Morgan fingerprint density at radius 3 is 2.41 bits per heavy atom. The number of amides is 2. The van der Waals surface area contributed by atoms with Gasteiger partial charge in [0.1, 0.15) is 5.60 Å². The van der Waals surface area contributed by atoms with Gasteiger partial charge in [0.2, 0.25) is 5.79 Å². The normalized spacial score (nSPS) is 19.2. The summed E-state index contributed by atoms with van der Waals surface area (Å²) in [6.07, 6.45) is 1.92. The van der Waals surface area contributed by atoms with Crippen molar-refractivity contribution in [3.63, 3.8) is 0 Å². The molecular formula is C29H38ClN3O6. The highest BCUT2D eigenvalue weighted by Crippen LogP contribution is 2.49. The number of nitrogens with zero attached hydrogens (tertiary/aromatic N) is 1. The third kappa shape index (κ3) is 6.52. The number of hydrogen-bond acceptors (Lipinski definition) is 6. The number of pyridine rings is 1. The SMILES string of the molecule is Cc1cc(C)c(CNC(=O)c2cc(Cl)c3c(c2C)OC(C)(CC2CCN(C(=O)OC(C)(C)C)CC2)O3)c(=O)[nH]1. The number of aromatic nitrogens is 1. The Bertz CT molecular complexity index is 1340. The molecule has 0 saturated carbocycles. The number of aromatic amines is 1. The molecular weight excluding hydrogens is 522 g/mol. The summed E-state index contributed by atoms with van der Waals surface area (Å²) >= 11 is 6.55. The lowest BCUT2D eigenvalue weighted by atomic mass is 9.90. The van der Waals surface area contributed by atoms with Crippen molar-refractivity contribution in [2.24, 2.45) is 5.92 Å². The van der Waals surface area contributed by atoms with Crippen LogP contribution in [0.4, 0.5) is 4.79 Å². The van der Waals surface area contributed by atoms with Gasteiger partial charge in [-0.2, -0.15) is 0 Å². The number of fused-ring (bicyclic) bond motifs is 1. The molecule has 0 spiro atoms. The Morgan fingerprint density at radius 1 is 1.15 bits per heavy atom. The molecule has 3 heterocycles. The minimum atomic E-state index is -0.948. The number of hydrogen-bond donors (Lipinski definition) is 2. The molecule has 9 nitrogen and oxygen atoms in total. The van der Waals surface area contributed by atoms with Gasteiger partial charge in [0.15, 0.2) is 11.5 Å². The van der Waals surface area contributed by atoms with E-state index in [-0.39, 0.29) is 35.0 Å². The van der Waals surface area contributed by atoms with E-state index in [0.717, 1.165) is 24.1 Å². The number of carbonyl (C=O) groups is 2. The molecule has 4 rings (SSSR count). The number of H-pyrrole nitrogens is 1. The Morgan fingerprint density at radius 2 is 1.79 bits per heavy atom. The molecule has 39 heavy (non-hydrogen) atoms. The molecule has 10 heteroatoms. The zero-order chi connectivity index (χ0) is 28.7. The van der Waals surface area contributed by atoms with E-state index in [9.17, 15) is 14.4 Å². The van der Waals surface area contributed by atoms with Gasteiger partial charge in [0.25, 0.3) is 11.5 Å². The van der Waals surface area contributed by atoms with Crippen LogP contribution in [0.1, 0.15) is 79.7 Å². The molecule has 1 fully saturated rings. The van der Waals surface area contributed by atoms with Gasteiger partial charge in [-0.3, -0.25) is 9.59 Å². The average Bonchev–Trinajstić information content (AvgIpc) is 3.18. The topological polar surface area (TPSA) is 110 Å². The zero-order valence-electron chi connectivity index (χ0n) is 23.7. The minimum absolute atomic E-state index is 0.0888. The molecule has 2 aliphatic rings. The minimum Gasteiger partial charge on any atom is -0.448 e. The summed E-state index contributed by atoms with van der Waals surface area (Å²) in [4.78, 5) is 42.4. The average molecular weight is 560 g/mol. The maximum atomic E-state index is 13.1. The van der Waals surface area contributed by atoms with Crippen LogP contribution < -0.4 is 20.3 Å². The Balaban J connectivity index is 1.41. The number of benzene rings is 1. The first kappa shape index (κ1) is 28.8. The van der Waals surface area contributed by atoms with Crippen LogP contribution >= 0.6 is 11.6 Å². The lowest BCUT2D eigenvalue weighted by Gasteiger charge is -2.35. The molecule has 1 aromatic heterocycles. The fraction of sp³-hybridized carbons (Fsp3) is 0.552. The first-order valence-corrected chi connectivity index (χ1v) is 13.7. The van der Waals surface area contributed by atoms with Gasteiger partial charge < -0.3 is 29.4 Å². The predicted octanol–water partition coefficient (Wildman–Crippen LogP) is 5.41. The highest BCUT2D eigenvalue weighted by Gasteiger charge is 2.43. The van der Waals surface area contributed by atoms with Gasteiger partial charge in [0.05, 0.1) is 5.02 Å². The number of ether oxygens (including phenoxy) is 3. The van der Waals surface area contributed by atoms with E-state index >= 15 is 0 Å². The summed E-state index contributed by atoms with van der Waals surface area (Å²) in [5.74, 6) is -0.156. The summed E-state index contributed by atoms with van der Waals surface area (Å²) in [5, 5.41) is 3.12. The zero-order valence-corrected chi connectivity index (χ0v) is 24.5. The van der Waals surface area contributed by atoms with Crippen molar-refractivity contribution in [3.05, 3.63) is 55.5 Å². The fourth-order valence-corrected chi connectivity index (χ4v) is 5.46. The van der Waals surface area contributed by atoms with E-state index < -0.39 is 11.4 Å². The second kappa shape index (κ2) is 10.8.